The van der Waals surface area contributed by atoms with E-state index in [0.29, 0.717) is 0 Å². The lowest BCUT2D eigenvalue weighted by Gasteiger charge is -2.44. The third kappa shape index (κ3) is 2.78. The molecule has 0 aromatic carbocycles. The molecule has 0 saturated carbocycles. The van der Waals surface area contributed by atoms with Gasteiger partial charge in [0.15, 0.2) is 0 Å². The maximum atomic E-state index is 5.59. The van der Waals surface area contributed by atoms with E-state index in [1.807, 2.05) is 0 Å². The van der Waals surface area contributed by atoms with E-state index in [9.17, 15) is 0 Å². The summed E-state index contributed by atoms with van der Waals surface area (Å²) in [5, 5.41) is 0. The highest BCUT2D eigenvalue weighted by Gasteiger charge is 2.33. The highest BCUT2D eigenvalue weighted by molar-refractivity contribution is 4.85. The van der Waals surface area contributed by atoms with Crippen molar-refractivity contribution in [2.75, 3.05) is 26.3 Å². The van der Waals surface area contributed by atoms with Crippen molar-refractivity contribution >= 4 is 0 Å². The molecular weight excluding hydrogens is 198 g/mol. The first-order valence-corrected chi connectivity index (χ1v) is 7.17. The summed E-state index contributed by atoms with van der Waals surface area (Å²) < 4.78 is 5.59. The molecule has 2 aliphatic rings. The fourth-order valence-corrected chi connectivity index (χ4v) is 3.43. The number of fused-ring (bicyclic) bond motifs is 1. The number of hydrogen-bond donors (Lipinski definition) is 0. The Morgan fingerprint density at radius 3 is 2.88 bits per heavy atom. The van der Waals surface area contributed by atoms with Crippen LogP contribution in [0.15, 0.2) is 0 Å². The minimum atomic E-state index is 0.841. The molecule has 3 unspecified atom stereocenters. The molecule has 94 valence electrons. The van der Waals surface area contributed by atoms with Crippen molar-refractivity contribution in [3.8, 4) is 0 Å². The molecule has 2 saturated heterocycles. The normalized spacial score (nSPS) is 33.4. The Balaban J connectivity index is 1.88. The standard InChI is InChI=1S/C14H27NO/c1-3-5-14(4-2)15-8-6-13-11-16-9-7-12(13)10-15/h12-14H,3-11H2,1-2H3. The van der Waals surface area contributed by atoms with Crippen LogP contribution in [-0.2, 0) is 4.74 Å². The molecule has 2 fully saturated rings. The van der Waals surface area contributed by atoms with Gasteiger partial charge in [0, 0.05) is 25.8 Å². The van der Waals surface area contributed by atoms with Crippen molar-refractivity contribution in [2.24, 2.45) is 11.8 Å². The summed E-state index contributed by atoms with van der Waals surface area (Å²) in [4.78, 5) is 2.76. The zero-order valence-corrected chi connectivity index (χ0v) is 11.0. The smallest absolute Gasteiger partial charge is 0.0497 e. The average Bonchev–Trinajstić information content (AvgIpc) is 2.35. The molecule has 2 rings (SSSR count). The number of hydrogen-bond acceptors (Lipinski definition) is 2. The highest BCUT2D eigenvalue weighted by Crippen LogP contribution is 2.31. The fraction of sp³-hybridized carbons (Fsp3) is 1.00. The van der Waals surface area contributed by atoms with Crippen LogP contribution in [0, 0.1) is 11.8 Å². The number of nitrogens with zero attached hydrogens (tertiary/aromatic N) is 1. The van der Waals surface area contributed by atoms with Crippen molar-refractivity contribution in [3.63, 3.8) is 0 Å². The van der Waals surface area contributed by atoms with E-state index in [0.717, 1.165) is 31.1 Å². The summed E-state index contributed by atoms with van der Waals surface area (Å²) in [7, 11) is 0. The van der Waals surface area contributed by atoms with E-state index >= 15 is 0 Å². The monoisotopic (exact) mass is 225 g/mol. The second kappa shape index (κ2) is 6.02. The molecule has 3 atom stereocenters. The van der Waals surface area contributed by atoms with Gasteiger partial charge in [0.05, 0.1) is 0 Å². The molecule has 16 heavy (non-hydrogen) atoms. The first-order chi connectivity index (χ1) is 7.85. The van der Waals surface area contributed by atoms with Crippen LogP contribution in [0.5, 0.6) is 0 Å². The SMILES string of the molecule is CCCC(CC)N1CCC2COCCC2C1. The second-order valence-electron chi connectivity index (χ2n) is 5.52. The maximum Gasteiger partial charge on any atom is 0.0497 e. The largest absolute Gasteiger partial charge is 0.381 e. The van der Waals surface area contributed by atoms with E-state index in [1.165, 1.54) is 45.2 Å². The molecule has 0 radical (unpaired) electrons. The van der Waals surface area contributed by atoms with E-state index in [1.54, 1.807) is 0 Å². The molecule has 0 amide bonds. The van der Waals surface area contributed by atoms with Crippen molar-refractivity contribution in [1.82, 2.24) is 4.90 Å². The van der Waals surface area contributed by atoms with Crippen LogP contribution in [-0.4, -0.2) is 37.2 Å². The Morgan fingerprint density at radius 1 is 1.25 bits per heavy atom. The molecule has 0 aliphatic carbocycles. The van der Waals surface area contributed by atoms with Gasteiger partial charge in [-0.1, -0.05) is 20.3 Å². The summed E-state index contributed by atoms with van der Waals surface area (Å²) in [6.45, 7) is 9.33. The van der Waals surface area contributed by atoms with Gasteiger partial charge in [0.1, 0.15) is 0 Å². The van der Waals surface area contributed by atoms with Gasteiger partial charge in [-0.25, -0.2) is 0 Å². The summed E-state index contributed by atoms with van der Waals surface area (Å²) in [6, 6.07) is 0.841. The van der Waals surface area contributed by atoms with E-state index in [4.69, 9.17) is 4.74 Å². The fourth-order valence-electron chi connectivity index (χ4n) is 3.43. The zero-order chi connectivity index (χ0) is 11.4. The lowest BCUT2D eigenvalue weighted by Crippen LogP contribution is -2.48. The summed E-state index contributed by atoms with van der Waals surface area (Å²) >= 11 is 0. The lowest BCUT2D eigenvalue weighted by atomic mass is 9.82. The third-order valence-electron chi connectivity index (χ3n) is 4.50. The van der Waals surface area contributed by atoms with Gasteiger partial charge in [0.2, 0.25) is 0 Å². The molecule has 0 aromatic heterocycles. The van der Waals surface area contributed by atoms with Gasteiger partial charge in [0.25, 0.3) is 0 Å². The van der Waals surface area contributed by atoms with Crippen molar-refractivity contribution in [1.29, 1.82) is 0 Å². The lowest BCUT2D eigenvalue weighted by molar-refractivity contribution is -0.0337. The molecule has 2 nitrogen and oxygen atoms in total. The van der Waals surface area contributed by atoms with Crippen LogP contribution in [0.25, 0.3) is 0 Å². The van der Waals surface area contributed by atoms with Gasteiger partial charge >= 0.3 is 0 Å². The van der Waals surface area contributed by atoms with Gasteiger partial charge in [-0.05, 0) is 44.1 Å². The van der Waals surface area contributed by atoms with Gasteiger partial charge in [-0.3, -0.25) is 0 Å². The van der Waals surface area contributed by atoms with Crippen LogP contribution in [0.1, 0.15) is 46.0 Å². The number of piperidine rings is 1. The van der Waals surface area contributed by atoms with Crippen LogP contribution in [0.2, 0.25) is 0 Å². The minimum Gasteiger partial charge on any atom is -0.381 e. The third-order valence-corrected chi connectivity index (χ3v) is 4.50. The first-order valence-electron chi connectivity index (χ1n) is 7.17. The van der Waals surface area contributed by atoms with Crippen LogP contribution >= 0.6 is 0 Å². The zero-order valence-electron chi connectivity index (χ0n) is 11.0. The Morgan fingerprint density at radius 2 is 2.12 bits per heavy atom. The molecule has 0 spiro atoms. The molecule has 0 bridgehead atoms. The number of ether oxygens (including phenoxy) is 1. The Bertz CT molecular complexity index is 207. The van der Waals surface area contributed by atoms with Crippen molar-refractivity contribution < 1.29 is 4.74 Å². The van der Waals surface area contributed by atoms with E-state index in [-0.39, 0.29) is 0 Å². The Hall–Kier alpha value is -0.0800. The van der Waals surface area contributed by atoms with Crippen LogP contribution in [0.4, 0.5) is 0 Å². The summed E-state index contributed by atoms with van der Waals surface area (Å²) in [5.74, 6) is 1.79. The van der Waals surface area contributed by atoms with Gasteiger partial charge < -0.3 is 9.64 Å². The first kappa shape index (κ1) is 12.4. The summed E-state index contributed by atoms with van der Waals surface area (Å²) in [6.07, 6.45) is 6.69. The van der Waals surface area contributed by atoms with E-state index in [2.05, 4.69) is 18.7 Å². The average molecular weight is 225 g/mol. The molecule has 0 aromatic rings. The second-order valence-corrected chi connectivity index (χ2v) is 5.52. The molecule has 2 aliphatic heterocycles. The Labute approximate surface area is 100 Å². The predicted octanol–water partition coefficient (Wildman–Crippen LogP) is 2.92. The quantitative estimate of drug-likeness (QED) is 0.729. The minimum absolute atomic E-state index is 0.841. The van der Waals surface area contributed by atoms with Gasteiger partial charge in [-0.15, -0.1) is 0 Å². The predicted molar refractivity (Wildman–Crippen MR) is 67.6 cm³/mol. The van der Waals surface area contributed by atoms with E-state index < -0.39 is 0 Å². The maximum absolute atomic E-state index is 5.59. The molecule has 2 heteroatoms. The molecular formula is C14H27NO. The highest BCUT2D eigenvalue weighted by atomic mass is 16.5. The van der Waals surface area contributed by atoms with Crippen LogP contribution in [0.3, 0.4) is 0 Å². The van der Waals surface area contributed by atoms with Gasteiger partial charge in [-0.2, -0.15) is 0 Å². The Kier molecular flexibility index (Phi) is 4.66. The number of likely N-dealkylation sites (tertiary alicyclic amines) is 1. The molecule has 2 heterocycles. The van der Waals surface area contributed by atoms with Crippen LogP contribution < -0.4 is 0 Å². The topological polar surface area (TPSA) is 12.5 Å². The summed E-state index contributed by atoms with van der Waals surface area (Å²) in [5.41, 5.74) is 0. The number of rotatable bonds is 4. The molecule has 0 N–H and O–H groups in total. The van der Waals surface area contributed by atoms with Crippen molar-refractivity contribution in [3.05, 3.63) is 0 Å². The van der Waals surface area contributed by atoms with Crippen molar-refractivity contribution in [2.45, 2.75) is 52.0 Å².